The predicted molar refractivity (Wildman–Crippen MR) is 81.0 cm³/mol. The van der Waals surface area contributed by atoms with Gasteiger partial charge in [0.2, 0.25) is 5.91 Å². The minimum Gasteiger partial charge on any atom is -0.406 e. The number of hydrogen-bond donors (Lipinski definition) is 1. The van der Waals surface area contributed by atoms with E-state index < -0.39 is 6.36 Å². The van der Waals surface area contributed by atoms with E-state index in [9.17, 15) is 18.0 Å². The molecule has 2 aromatic rings. The highest BCUT2D eigenvalue weighted by atomic mass is 19.4. The molecule has 0 fully saturated rings. The van der Waals surface area contributed by atoms with Gasteiger partial charge >= 0.3 is 6.36 Å². The third-order valence-corrected chi connectivity index (χ3v) is 3.49. The van der Waals surface area contributed by atoms with Crippen molar-refractivity contribution in [3.05, 3.63) is 48.0 Å². The SMILES string of the molecule is C[C@@H](Cc1ccc(OC(F)(F)F)cc1)C(=O)NCc1nccn1C. The van der Waals surface area contributed by atoms with Crippen LogP contribution in [0, 0.1) is 5.92 Å². The maximum Gasteiger partial charge on any atom is 0.573 e. The summed E-state index contributed by atoms with van der Waals surface area (Å²) < 4.78 is 41.9. The van der Waals surface area contributed by atoms with E-state index >= 15 is 0 Å². The van der Waals surface area contributed by atoms with Crippen LogP contribution in [0.1, 0.15) is 18.3 Å². The molecule has 8 heteroatoms. The van der Waals surface area contributed by atoms with E-state index in [4.69, 9.17) is 0 Å². The molecule has 1 aromatic carbocycles. The van der Waals surface area contributed by atoms with Crippen LogP contribution in [0.2, 0.25) is 0 Å². The fourth-order valence-corrected chi connectivity index (χ4v) is 2.18. The standard InChI is InChI=1S/C16H18F3N3O2/c1-11(15(23)21-10-14-20-7-8-22(14)2)9-12-3-5-13(6-4-12)24-16(17,18)19/h3-8,11H,9-10H2,1-2H3,(H,21,23)/t11-/m0/s1. The number of nitrogens with one attached hydrogen (secondary N) is 1. The van der Waals surface area contributed by atoms with Crippen molar-refractivity contribution in [2.24, 2.45) is 13.0 Å². The van der Waals surface area contributed by atoms with Crippen molar-refractivity contribution in [2.45, 2.75) is 26.3 Å². The molecule has 0 aliphatic carbocycles. The fraction of sp³-hybridized carbons (Fsp3) is 0.375. The molecule has 0 aliphatic heterocycles. The maximum atomic E-state index is 12.1. The Bertz CT molecular complexity index is 681. The zero-order valence-electron chi connectivity index (χ0n) is 13.3. The van der Waals surface area contributed by atoms with E-state index in [2.05, 4.69) is 15.0 Å². The van der Waals surface area contributed by atoms with Gasteiger partial charge in [0.15, 0.2) is 0 Å². The van der Waals surface area contributed by atoms with E-state index in [0.29, 0.717) is 13.0 Å². The van der Waals surface area contributed by atoms with Crippen LogP contribution < -0.4 is 10.1 Å². The average Bonchev–Trinajstić information content (AvgIpc) is 2.90. The second kappa shape index (κ2) is 7.37. The monoisotopic (exact) mass is 341 g/mol. The molecule has 0 unspecified atom stereocenters. The second-order valence-electron chi connectivity index (χ2n) is 5.47. The minimum atomic E-state index is -4.71. The summed E-state index contributed by atoms with van der Waals surface area (Å²) in [6.07, 6.45) is -0.858. The molecule has 1 atom stereocenters. The molecule has 0 bridgehead atoms. The van der Waals surface area contributed by atoms with Gasteiger partial charge in [0.05, 0.1) is 6.54 Å². The summed E-state index contributed by atoms with van der Waals surface area (Å²) in [5, 5.41) is 2.79. The zero-order valence-corrected chi connectivity index (χ0v) is 13.3. The van der Waals surface area contributed by atoms with Crippen LogP contribution >= 0.6 is 0 Å². The Morgan fingerprint density at radius 1 is 1.33 bits per heavy atom. The third-order valence-electron chi connectivity index (χ3n) is 3.49. The van der Waals surface area contributed by atoms with E-state index in [1.54, 1.807) is 19.3 Å². The van der Waals surface area contributed by atoms with Crippen LogP contribution in [0.5, 0.6) is 5.75 Å². The van der Waals surface area contributed by atoms with Crippen molar-refractivity contribution in [3.8, 4) is 5.75 Å². The number of aryl methyl sites for hydroxylation is 1. The maximum absolute atomic E-state index is 12.1. The van der Waals surface area contributed by atoms with Crippen LogP contribution in [-0.2, 0) is 24.8 Å². The number of benzene rings is 1. The van der Waals surface area contributed by atoms with Gasteiger partial charge in [0, 0.05) is 25.4 Å². The molecule has 130 valence electrons. The van der Waals surface area contributed by atoms with Gasteiger partial charge in [-0.15, -0.1) is 13.2 Å². The molecular formula is C16H18F3N3O2. The van der Waals surface area contributed by atoms with Crippen LogP contribution in [0.4, 0.5) is 13.2 Å². The van der Waals surface area contributed by atoms with Gasteiger partial charge in [-0.3, -0.25) is 4.79 Å². The van der Waals surface area contributed by atoms with Gasteiger partial charge in [-0.25, -0.2) is 4.98 Å². The van der Waals surface area contributed by atoms with E-state index in [1.165, 1.54) is 24.3 Å². The summed E-state index contributed by atoms with van der Waals surface area (Å²) in [5.74, 6) is -0.00406. The summed E-state index contributed by atoms with van der Waals surface area (Å²) in [7, 11) is 1.84. The summed E-state index contributed by atoms with van der Waals surface area (Å²) in [6, 6.07) is 5.51. The summed E-state index contributed by atoms with van der Waals surface area (Å²) >= 11 is 0. The van der Waals surface area contributed by atoms with Crippen molar-refractivity contribution in [1.82, 2.24) is 14.9 Å². The minimum absolute atomic E-state index is 0.145. The number of amides is 1. The molecule has 0 aliphatic rings. The lowest BCUT2D eigenvalue weighted by Gasteiger charge is -2.13. The van der Waals surface area contributed by atoms with Crippen molar-refractivity contribution in [3.63, 3.8) is 0 Å². The number of carbonyl (C=O) groups is 1. The predicted octanol–water partition coefficient (Wildman–Crippen LogP) is 2.81. The molecule has 0 spiro atoms. The Morgan fingerprint density at radius 3 is 2.54 bits per heavy atom. The first-order chi connectivity index (χ1) is 11.2. The zero-order chi connectivity index (χ0) is 17.7. The lowest BCUT2D eigenvalue weighted by Crippen LogP contribution is -2.30. The van der Waals surface area contributed by atoms with Crippen LogP contribution in [0.15, 0.2) is 36.7 Å². The van der Waals surface area contributed by atoms with E-state index in [-0.39, 0.29) is 17.6 Å². The number of nitrogens with zero attached hydrogens (tertiary/aromatic N) is 2. The van der Waals surface area contributed by atoms with Gasteiger partial charge in [-0.1, -0.05) is 19.1 Å². The molecule has 5 nitrogen and oxygen atoms in total. The molecule has 1 aromatic heterocycles. The van der Waals surface area contributed by atoms with Gasteiger partial charge < -0.3 is 14.6 Å². The number of carbonyl (C=O) groups excluding carboxylic acids is 1. The van der Waals surface area contributed by atoms with Crippen LogP contribution in [-0.4, -0.2) is 21.8 Å². The molecule has 0 saturated heterocycles. The molecule has 2 rings (SSSR count). The van der Waals surface area contributed by atoms with Gasteiger partial charge in [-0.2, -0.15) is 0 Å². The van der Waals surface area contributed by atoms with Gasteiger partial charge in [0.1, 0.15) is 11.6 Å². The molecular weight excluding hydrogens is 323 g/mol. The summed E-state index contributed by atoms with van der Waals surface area (Å²) in [6.45, 7) is 2.08. The molecule has 0 saturated carbocycles. The largest absolute Gasteiger partial charge is 0.573 e. The van der Waals surface area contributed by atoms with E-state index in [0.717, 1.165) is 11.4 Å². The van der Waals surface area contributed by atoms with E-state index in [1.807, 2.05) is 11.6 Å². The summed E-state index contributed by atoms with van der Waals surface area (Å²) in [5.41, 5.74) is 0.754. The van der Waals surface area contributed by atoms with Crippen molar-refractivity contribution < 1.29 is 22.7 Å². The van der Waals surface area contributed by atoms with Gasteiger partial charge in [0.25, 0.3) is 0 Å². The lowest BCUT2D eigenvalue weighted by molar-refractivity contribution is -0.274. The molecule has 24 heavy (non-hydrogen) atoms. The Morgan fingerprint density at radius 2 is 2.00 bits per heavy atom. The first-order valence-corrected chi connectivity index (χ1v) is 7.33. The number of hydrogen-bond acceptors (Lipinski definition) is 3. The number of halogens is 3. The number of ether oxygens (including phenoxy) is 1. The Balaban J connectivity index is 1.85. The van der Waals surface area contributed by atoms with Crippen molar-refractivity contribution in [2.75, 3.05) is 0 Å². The Labute approximate surface area is 137 Å². The smallest absolute Gasteiger partial charge is 0.406 e. The van der Waals surface area contributed by atoms with Crippen LogP contribution in [0.3, 0.4) is 0 Å². The number of alkyl halides is 3. The second-order valence-corrected chi connectivity index (χ2v) is 5.47. The molecule has 1 amide bonds. The highest BCUT2D eigenvalue weighted by Crippen LogP contribution is 2.23. The highest BCUT2D eigenvalue weighted by molar-refractivity contribution is 5.78. The highest BCUT2D eigenvalue weighted by Gasteiger charge is 2.31. The first-order valence-electron chi connectivity index (χ1n) is 7.33. The normalized spacial score (nSPS) is 12.7. The number of rotatable bonds is 6. The number of imidazole rings is 1. The molecule has 0 radical (unpaired) electrons. The summed E-state index contributed by atoms with van der Waals surface area (Å²) in [4.78, 5) is 16.2. The third kappa shape index (κ3) is 5.29. The van der Waals surface area contributed by atoms with Crippen molar-refractivity contribution >= 4 is 5.91 Å². The number of aromatic nitrogens is 2. The quantitative estimate of drug-likeness (QED) is 0.879. The molecule has 1 N–H and O–H groups in total. The molecule has 1 heterocycles. The van der Waals surface area contributed by atoms with Crippen molar-refractivity contribution in [1.29, 1.82) is 0 Å². The first kappa shape index (κ1) is 17.8. The van der Waals surface area contributed by atoms with Crippen LogP contribution in [0.25, 0.3) is 0 Å². The lowest BCUT2D eigenvalue weighted by atomic mass is 10.0. The van der Waals surface area contributed by atoms with Gasteiger partial charge in [-0.05, 0) is 24.1 Å². The fourth-order valence-electron chi connectivity index (χ4n) is 2.18. The Hall–Kier alpha value is -2.51. The Kier molecular flexibility index (Phi) is 5.48. The topological polar surface area (TPSA) is 56.1 Å². The average molecular weight is 341 g/mol.